The molecule has 0 aliphatic rings. The number of benzene rings is 2. The Kier molecular flexibility index (Phi) is 6.95. The molecule has 0 saturated carbocycles. The van der Waals surface area contributed by atoms with E-state index in [9.17, 15) is 9.59 Å². The SMILES string of the molecule is CCOc1ccccc1NC(=O)[C@@H](C)Sc1ccc(=O)n(-c2ccc(C)c(C)c2)n1. The fraction of sp³-hybridized carbons (Fsp3) is 0.261. The van der Waals surface area contributed by atoms with Gasteiger partial charge in [-0.25, -0.2) is 0 Å². The van der Waals surface area contributed by atoms with Crippen LogP contribution < -0.4 is 15.6 Å². The molecule has 1 atom stereocenters. The number of carbonyl (C=O) groups is 1. The number of hydrogen-bond acceptors (Lipinski definition) is 5. The molecule has 156 valence electrons. The van der Waals surface area contributed by atoms with Crippen molar-refractivity contribution in [2.45, 2.75) is 38.0 Å². The van der Waals surface area contributed by atoms with Crippen molar-refractivity contribution in [1.29, 1.82) is 0 Å². The Morgan fingerprint density at radius 3 is 2.63 bits per heavy atom. The molecule has 0 spiro atoms. The zero-order chi connectivity index (χ0) is 21.7. The second-order valence-electron chi connectivity index (χ2n) is 6.87. The van der Waals surface area contributed by atoms with E-state index in [4.69, 9.17) is 4.74 Å². The number of amides is 1. The smallest absolute Gasteiger partial charge is 0.271 e. The van der Waals surface area contributed by atoms with E-state index in [0.29, 0.717) is 28.8 Å². The summed E-state index contributed by atoms with van der Waals surface area (Å²) in [4.78, 5) is 25.0. The molecule has 0 aliphatic heterocycles. The molecule has 0 bridgehead atoms. The number of carbonyl (C=O) groups excluding carboxylic acids is 1. The Hall–Kier alpha value is -3.06. The highest BCUT2D eigenvalue weighted by atomic mass is 32.2. The molecule has 1 heterocycles. The van der Waals surface area contributed by atoms with Gasteiger partial charge in [0, 0.05) is 6.07 Å². The summed E-state index contributed by atoms with van der Waals surface area (Å²) in [5.41, 5.74) is 3.35. The molecule has 0 fully saturated rings. The molecule has 30 heavy (non-hydrogen) atoms. The van der Waals surface area contributed by atoms with Crippen LogP contribution in [-0.2, 0) is 4.79 Å². The van der Waals surface area contributed by atoms with Gasteiger partial charge in [-0.15, -0.1) is 0 Å². The van der Waals surface area contributed by atoms with E-state index >= 15 is 0 Å². The third kappa shape index (κ3) is 5.10. The Labute approximate surface area is 180 Å². The van der Waals surface area contributed by atoms with E-state index in [1.54, 1.807) is 19.1 Å². The predicted octanol–water partition coefficient (Wildman–Crippen LogP) is 4.37. The predicted molar refractivity (Wildman–Crippen MR) is 121 cm³/mol. The quantitative estimate of drug-likeness (QED) is 0.572. The maximum absolute atomic E-state index is 12.7. The molecule has 7 heteroatoms. The number of aryl methyl sites for hydroxylation is 2. The summed E-state index contributed by atoms with van der Waals surface area (Å²) in [7, 11) is 0. The average Bonchev–Trinajstić information content (AvgIpc) is 2.73. The third-order valence-corrected chi connectivity index (χ3v) is 5.65. The summed E-state index contributed by atoms with van der Waals surface area (Å²) in [6.45, 7) is 8.23. The van der Waals surface area contributed by atoms with Gasteiger partial charge in [0.25, 0.3) is 5.56 Å². The van der Waals surface area contributed by atoms with Crippen molar-refractivity contribution in [1.82, 2.24) is 9.78 Å². The van der Waals surface area contributed by atoms with E-state index in [1.165, 1.54) is 22.5 Å². The minimum Gasteiger partial charge on any atom is -0.492 e. The number of nitrogens with one attached hydrogen (secondary N) is 1. The lowest BCUT2D eigenvalue weighted by atomic mass is 10.1. The maximum atomic E-state index is 12.7. The molecule has 3 aromatic rings. The van der Waals surface area contributed by atoms with Crippen LogP contribution in [0.5, 0.6) is 5.75 Å². The molecule has 0 saturated heterocycles. The summed E-state index contributed by atoms with van der Waals surface area (Å²) in [5, 5.41) is 7.53. The largest absolute Gasteiger partial charge is 0.492 e. The zero-order valence-corrected chi connectivity index (χ0v) is 18.3. The molecule has 3 rings (SSSR count). The van der Waals surface area contributed by atoms with Gasteiger partial charge < -0.3 is 10.1 Å². The van der Waals surface area contributed by atoms with Crippen molar-refractivity contribution in [3.8, 4) is 11.4 Å². The lowest BCUT2D eigenvalue weighted by molar-refractivity contribution is -0.115. The zero-order valence-electron chi connectivity index (χ0n) is 17.5. The van der Waals surface area contributed by atoms with Gasteiger partial charge >= 0.3 is 0 Å². The van der Waals surface area contributed by atoms with Crippen molar-refractivity contribution in [3.05, 3.63) is 76.1 Å². The number of thioether (sulfide) groups is 1. The summed E-state index contributed by atoms with van der Waals surface area (Å²) < 4.78 is 6.92. The van der Waals surface area contributed by atoms with Gasteiger partial charge in [0.1, 0.15) is 10.8 Å². The molecule has 2 aromatic carbocycles. The highest BCUT2D eigenvalue weighted by molar-refractivity contribution is 8.00. The first kappa shape index (κ1) is 21.6. The van der Waals surface area contributed by atoms with Crippen LogP contribution in [-0.4, -0.2) is 27.5 Å². The molecule has 1 amide bonds. The van der Waals surface area contributed by atoms with Crippen molar-refractivity contribution >= 4 is 23.4 Å². The topological polar surface area (TPSA) is 73.2 Å². The van der Waals surface area contributed by atoms with Gasteiger partial charge in [-0.05, 0) is 69.2 Å². The van der Waals surface area contributed by atoms with Gasteiger partial charge in [-0.3, -0.25) is 9.59 Å². The first-order valence-electron chi connectivity index (χ1n) is 9.76. The Bertz CT molecular complexity index is 1110. The van der Waals surface area contributed by atoms with E-state index in [0.717, 1.165) is 11.1 Å². The van der Waals surface area contributed by atoms with E-state index in [2.05, 4.69) is 10.4 Å². The fourth-order valence-corrected chi connectivity index (χ4v) is 3.62. The minimum atomic E-state index is -0.419. The molecule has 0 unspecified atom stereocenters. The van der Waals surface area contributed by atoms with Crippen LogP contribution in [0.1, 0.15) is 25.0 Å². The summed E-state index contributed by atoms with van der Waals surface area (Å²) in [6, 6.07) is 16.2. The highest BCUT2D eigenvalue weighted by Gasteiger charge is 2.18. The first-order chi connectivity index (χ1) is 14.4. The van der Waals surface area contributed by atoms with Crippen LogP contribution in [0.15, 0.2) is 64.4 Å². The monoisotopic (exact) mass is 423 g/mol. The van der Waals surface area contributed by atoms with Crippen LogP contribution in [0.25, 0.3) is 5.69 Å². The molecule has 1 aromatic heterocycles. The van der Waals surface area contributed by atoms with Crippen LogP contribution in [0.2, 0.25) is 0 Å². The van der Waals surface area contributed by atoms with Crippen molar-refractivity contribution in [3.63, 3.8) is 0 Å². The Balaban J connectivity index is 1.77. The fourth-order valence-electron chi connectivity index (χ4n) is 2.82. The molecule has 1 N–H and O–H groups in total. The van der Waals surface area contributed by atoms with Crippen molar-refractivity contribution in [2.75, 3.05) is 11.9 Å². The second kappa shape index (κ2) is 9.63. The van der Waals surface area contributed by atoms with E-state index < -0.39 is 5.25 Å². The number of anilines is 1. The first-order valence-corrected chi connectivity index (χ1v) is 10.6. The van der Waals surface area contributed by atoms with Crippen LogP contribution in [0, 0.1) is 13.8 Å². The lowest BCUT2D eigenvalue weighted by Crippen LogP contribution is -2.24. The highest BCUT2D eigenvalue weighted by Crippen LogP contribution is 2.26. The van der Waals surface area contributed by atoms with Gasteiger partial charge in [-0.1, -0.05) is 30.0 Å². The van der Waals surface area contributed by atoms with E-state index in [1.807, 2.05) is 57.2 Å². The number of hydrogen-bond donors (Lipinski definition) is 1. The summed E-state index contributed by atoms with van der Waals surface area (Å²) in [5.74, 6) is 0.463. The average molecular weight is 424 g/mol. The van der Waals surface area contributed by atoms with Crippen LogP contribution in [0.3, 0.4) is 0 Å². The lowest BCUT2D eigenvalue weighted by Gasteiger charge is -2.15. The number of rotatable bonds is 7. The van der Waals surface area contributed by atoms with Gasteiger partial charge in [0.05, 0.1) is 23.2 Å². The molecule has 0 radical (unpaired) electrons. The van der Waals surface area contributed by atoms with Gasteiger partial charge in [0.15, 0.2) is 0 Å². The Morgan fingerprint density at radius 1 is 1.13 bits per heavy atom. The van der Waals surface area contributed by atoms with Gasteiger partial charge in [0.2, 0.25) is 5.91 Å². The van der Waals surface area contributed by atoms with Crippen molar-refractivity contribution in [2.24, 2.45) is 0 Å². The minimum absolute atomic E-state index is 0.169. The number of para-hydroxylation sites is 2. The van der Waals surface area contributed by atoms with Crippen LogP contribution >= 0.6 is 11.8 Å². The summed E-state index contributed by atoms with van der Waals surface area (Å²) >= 11 is 1.29. The molecule has 0 aliphatic carbocycles. The van der Waals surface area contributed by atoms with E-state index in [-0.39, 0.29) is 11.5 Å². The standard InChI is InChI=1S/C23H25N3O3S/c1-5-29-20-9-7-6-8-19(20)24-23(28)17(4)30-21-12-13-22(27)26(25-21)18-11-10-15(2)16(3)14-18/h6-14,17H,5H2,1-4H3,(H,24,28)/t17-/m1/s1. The van der Waals surface area contributed by atoms with Crippen molar-refractivity contribution < 1.29 is 9.53 Å². The maximum Gasteiger partial charge on any atom is 0.271 e. The van der Waals surface area contributed by atoms with Gasteiger partial charge in [-0.2, -0.15) is 9.78 Å². The number of nitrogens with zero attached hydrogens (tertiary/aromatic N) is 2. The second-order valence-corrected chi connectivity index (χ2v) is 8.23. The number of ether oxygens (including phenoxy) is 1. The summed E-state index contributed by atoms with van der Waals surface area (Å²) in [6.07, 6.45) is 0. The van der Waals surface area contributed by atoms with Crippen LogP contribution in [0.4, 0.5) is 5.69 Å². The molecule has 6 nitrogen and oxygen atoms in total. The third-order valence-electron chi connectivity index (χ3n) is 4.62. The Morgan fingerprint density at radius 2 is 1.90 bits per heavy atom. The number of aromatic nitrogens is 2. The molecular weight excluding hydrogens is 398 g/mol. The normalized spacial score (nSPS) is 11.7. The molecular formula is C23H25N3O3S.